The minimum absolute atomic E-state index is 0.223. The van der Waals surface area contributed by atoms with Crippen LogP contribution in [0.25, 0.3) is 0 Å². The molecular formula is C12H22N6. The van der Waals surface area contributed by atoms with Crippen molar-refractivity contribution in [1.29, 1.82) is 0 Å². The molecule has 1 fully saturated rings. The Labute approximate surface area is 108 Å². The Balaban J connectivity index is 1.87. The van der Waals surface area contributed by atoms with Gasteiger partial charge in [-0.2, -0.15) is 9.97 Å². The number of nitrogens with zero attached hydrogens (tertiary/aromatic N) is 3. The van der Waals surface area contributed by atoms with E-state index in [9.17, 15) is 0 Å². The first kappa shape index (κ1) is 12.9. The summed E-state index contributed by atoms with van der Waals surface area (Å²) >= 11 is 0. The third kappa shape index (κ3) is 3.46. The second kappa shape index (κ2) is 5.86. The van der Waals surface area contributed by atoms with Gasteiger partial charge in [-0.3, -0.25) is 0 Å². The Morgan fingerprint density at radius 3 is 2.67 bits per heavy atom. The van der Waals surface area contributed by atoms with Gasteiger partial charge in [0.15, 0.2) is 0 Å². The summed E-state index contributed by atoms with van der Waals surface area (Å²) in [5, 5.41) is 3.39. The maximum Gasteiger partial charge on any atom is 0.223 e. The summed E-state index contributed by atoms with van der Waals surface area (Å²) < 4.78 is 0. The van der Waals surface area contributed by atoms with Crippen LogP contribution in [0, 0.1) is 0 Å². The molecule has 1 aromatic heterocycles. The predicted octanol–water partition coefficient (Wildman–Crippen LogP) is 0.927. The van der Waals surface area contributed by atoms with Crippen molar-refractivity contribution in [3.8, 4) is 0 Å². The molecule has 0 spiro atoms. The van der Waals surface area contributed by atoms with Crippen LogP contribution in [0.5, 0.6) is 0 Å². The first-order valence-corrected chi connectivity index (χ1v) is 6.56. The molecule has 0 atom stereocenters. The van der Waals surface area contributed by atoms with Gasteiger partial charge in [-0.1, -0.05) is 6.92 Å². The molecule has 6 nitrogen and oxygen atoms in total. The number of aromatic nitrogens is 2. The monoisotopic (exact) mass is 250 g/mol. The number of hydrogen-bond acceptors (Lipinski definition) is 6. The molecule has 0 unspecified atom stereocenters. The second-order valence-corrected chi connectivity index (χ2v) is 4.80. The van der Waals surface area contributed by atoms with Gasteiger partial charge in [-0.15, -0.1) is 0 Å². The van der Waals surface area contributed by atoms with E-state index in [-0.39, 0.29) is 5.95 Å². The average Bonchev–Trinajstić information content (AvgIpc) is 2.31. The van der Waals surface area contributed by atoms with Crippen LogP contribution in [0.1, 0.15) is 26.2 Å². The van der Waals surface area contributed by atoms with Gasteiger partial charge in [-0.25, -0.2) is 0 Å². The van der Waals surface area contributed by atoms with Crippen LogP contribution < -0.4 is 16.8 Å². The Morgan fingerprint density at radius 2 is 2.06 bits per heavy atom. The lowest BCUT2D eigenvalue weighted by molar-refractivity contribution is 0.219. The predicted molar refractivity (Wildman–Crippen MR) is 74.2 cm³/mol. The van der Waals surface area contributed by atoms with E-state index in [1.165, 1.54) is 13.0 Å². The number of hydrogen-bond donors (Lipinski definition) is 3. The molecule has 0 saturated carbocycles. The zero-order valence-electron chi connectivity index (χ0n) is 10.9. The smallest absolute Gasteiger partial charge is 0.223 e. The molecular weight excluding hydrogens is 228 g/mol. The highest BCUT2D eigenvalue weighted by Crippen LogP contribution is 2.17. The number of piperidine rings is 1. The van der Waals surface area contributed by atoms with E-state index >= 15 is 0 Å². The van der Waals surface area contributed by atoms with E-state index in [4.69, 9.17) is 11.5 Å². The molecule has 0 aromatic carbocycles. The normalized spacial score (nSPS) is 17.8. The lowest BCUT2D eigenvalue weighted by Gasteiger charge is -2.32. The number of rotatable bonds is 4. The Bertz CT molecular complexity index is 366. The average molecular weight is 250 g/mol. The highest BCUT2D eigenvalue weighted by Gasteiger charge is 2.18. The van der Waals surface area contributed by atoms with Crippen molar-refractivity contribution in [3.05, 3.63) is 6.07 Å². The number of anilines is 3. The molecule has 1 saturated heterocycles. The minimum atomic E-state index is 0.223. The molecule has 0 amide bonds. The largest absolute Gasteiger partial charge is 0.383 e. The molecule has 0 bridgehead atoms. The number of nitrogen functional groups attached to an aromatic ring is 2. The van der Waals surface area contributed by atoms with Crippen molar-refractivity contribution in [2.75, 3.05) is 36.4 Å². The van der Waals surface area contributed by atoms with Crippen LogP contribution in [0.3, 0.4) is 0 Å². The Kier molecular flexibility index (Phi) is 4.19. The summed E-state index contributed by atoms with van der Waals surface area (Å²) in [7, 11) is 0. The van der Waals surface area contributed by atoms with E-state index in [1.54, 1.807) is 6.07 Å². The minimum Gasteiger partial charge on any atom is -0.383 e. The van der Waals surface area contributed by atoms with Crippen molar-refractivity contribution in [2.45, 2.75) is 32.2 Å². The molecule has 6 heteroatoms. The van der Waals surface area contributed by atoms with Gasteiger partial charge >= 0.3 is 0 Å². The highest BCUT2D eigenvalue weighted by atomic mass is 15.2. The zero-order valence-corrected chi connectivity index (χ0v) is 10.9. The molecule has 0 radical (unpaired) electrons. The van der Waals surface area contributed by atoms with Gasteiger partial charge in [0.1, 0.15) is 11.6 Å². The molecule has 1 aliphatic rings. The number of nitrogens with two attached hydrogens (primary N) is 2. The second-order valence-electron chi connectivity index (χ2n) is 4.80. The number of nitrogens with one attached hydrogen (secondary N) is 1. The van der Waals surface area contributed by atoms with Crippen molar-refractivity contribution in [1.82, 2.24) is 14.9 Å². The highest BCUT2D eigenvalue weighted by molar-refractivity contribution is 5.48. The summed E-state index contributed by atoms with van der Waals surface area (Å²) in [6.45, 7) is 5.69. The SMILES string of the molecule is CCCN1CCC(Nc2cc(N)nc(N)n2)CC1. The summed E-state index contributed by atoms with van der Waals surface area (Å²) in [4.78, 5) is 10.5. The van der Waals surface area contributed by atoms with E-state index in [1.807, 2.05) is 0 Å². The van der Waals surface area contributed by atoms with Crippen LogP contribution in [0.4, 0.5) is 17.6 Å². The van der Waals surface area contributed by atoms with Crippen molar-refractivity contribution >= 4 is 17.6 Å². The van der Waals surface area contributed by atoms with E-state index in [0.717, 1.165) is 31.7 Å². The molecule has 18 heavy (non-hydrogen) atoms. The molecule has 0 aliphatic carbocycles. The summed E-state index contributed by atoms with van der Waals surface area (Å²) in [6.07, 6.45) is 3.48. The van der Waals surface area contributed by atoms with Crippen LogP contribution in [-0.4, -0.2) is 40.5 Å². The van der Waals surface area contributed by atoms with Crippen molar-refractivity contribution in [2.24, 2.45) is 0 Å². The quantitative estimate of drug-likeness (QED) is 0.736. The van der Waals surface area contributed by atoms with Crippen LogP contribution in [0.15, 0.2) is 6.07 Å². The Morgan fingerprint density at radius 1 is 1.33 bits per heavy atom. The maximum absolute atomic E-state index is 5.65. The first-order chi connectivity index (χ1) is 8.67. The standard InChI is InChI=1S/C12H22N6/c1-2-5-18-6-3-9(4-7-18)15-11-8-10(13)16-12(14)17-11/h8-9H,2-7H2,1H3,(H5,13,14,15,16,17). The summed E-state index contributed by atoms with van der Waals surface area (Å²) in [5.74, 6) is 1.36. The summed E-state index contributed by atoms with van der Waals surface area (Å²) in [6, 6.07) is 2.18. The third-order valence-electron chi connectivity index (χ3n) is 3.24. The van der Waals surface area contributed by atoms with Crippen LogP contribution in [-0.2, 0) is 0 Å². The molecule has 100 valence electrons. The zero-order chi connectivity index (χ0) is 13.0. The van der Waals surface area contributed by atoms with Gasteiger partial charge in [0.25, 0.3) is 0 Å². The summed E-state index contributed by atoms with van der Waals surface area (Å²) in [5.41, 5.74) is 11.2. The van der Waals surface area contributed by atoms with Gasteiger partial charge < -0.3 is 21.7 Å². The lowest BCUT2D eigenvalue weighted by Crippen LogP contribution is -2.39. The maximum atomic E-state index is 5.65. The van der Waals surface area contributed by atoms with E-state index in [2.05, 4.69) is 27.1 Å². The van der Waals surface area contributed by atoms with Gasteiger partial charge in [0.05, 0.1) is 0 Å². The van der Waals surface area contributed by atoms with Gasteiger partial charge in [-0.05, 0) is 25.8 Å². The van der Waals surface area contributed by atoms with E-state index < -0.39 is 0 Å². The fourth-order valence-electron chi connectivity index (χ4n) is 2.39. The number of likely N-dealkylation sites (tertiary alicyclic amines) is 1. The van der Waals surface area contributed by atoms with Crippen LogP contribution in [0.2, 0.25) is 0 Å². The first-order valence-electron chi connectivity index (χ1n) is 6.56. The Hall–Kier alpha value is -1.56. The van der Waals surface area contributed by atoms with Crippen molar-refractivity contribution < 1.29 is 0 Å². The fourth-order valence-corrected chi connectivity index (χ4v) is 2.39. The third-order valence-corrected chi connectivity index (χ3v) is 3.24. The van der Waals surface area contributed by atoms with E-state index in [0.29, 0.717) is 11.9 Å². The van der Waals surface area contributed by atoms with Crippen molar-refractivity contribution in [3.63, 3.8) is 0 Å². The van der Waals surface area contributed by atoms with Gasteiger partial charge in [0, 0.05) is 25.2 Å². The lowest BCUT2D eigenvalue weighted by atomic mass is 10.0. The molecule has 1 aliphatic heterocycles. The molecule has 5 N–H and O–H groups in total. The van der Waals surface area contributed by atoms with Crippen LogP contribution >= 0.6 is 0 Å². The van der Waals surface area contributed by atoms with Gasteiger partial charge in [0.2, 0.25) is 5.95 Å². The molecule has 2 heterocycles. The molecule has 1 aromatic rings. The fraction of sp³-hybridized carbons (Fsp3) is 0.667. The topological polar surface area (TPSA) is 93.1 Å². The molecule has 2 rings (SSSR count).